The van der Waals surface area contributed by atoms with Crippen LogP contribution < -0.4 is 11.0 Å². The van der Waals surface area contributed by atoms with Crippen LogP contribution in [0.5, 0.6) is 0 Å². The minimum atomic E-state index is -0.390. The fourth-order valence-electron chi connectivity index (χ4n) is 2.72. The van der Waals surface area contributed by atoms with Gasteiger partial charge in [-0.25, -0.2) is 9.89 Å². The quantitative estimate of drug-likeness (QED) is 0.403. The van der Waals surface area contributed by atoms with Crippen LogP contribution in [0.1, 0.15) is 25.3 Å². The van der Waals surface area contributed by atoms with Crippen LogP contribution in [0.3, 0.4) is 0 Å². The number of carbonyl (C=O) groups is 3. The van der Waals surface area contributed by atoms with Gasteiger partial charge in [-0.2, -0.15) is 0 Å². The van der Waals surface area contributed by atoms with E-state index in [1.54, 1.807) is 30.6 Å². The van der Waals surface area contributed by atoms with Gasteiger partial charge in [0.1, 0.15) is 0 Å². The van der Waals surface area contributed by atoms with E-state index >= 15 is 0 Å². The Balaban J connectivity index is 1.46. The number of imide groups is 1. The van der Waals surface area contributed by atoms with Gasteiger partial charge in [0.15, 0.2) is 5.16 Å². The molecule has 31 heavy (non-hydrogen) atoms. The van der Waals surface area contributed by atoms with Crippen LogP contribution in [-0.4, -0.2) is 60.5 Å². The monoisotopic (exact) mass is 462 g/mol. The molecule has 2 aromatic heterocycles. The molecule has 1 aliphatic heterocycles. The highest BCUT2D eigenvalue weighted by Crippen LogP contribution is 2.31. The van der Waals surface area contributed by atoms with Crippen molar-refractivity contribution >= 4 is 46.7 Å². The molecule has 0 atom stereocenters. The number of hydrogen-bond acceptors (Lipinski definition) is 8. The Bertz CT molecular complexity index is 1030. The number of H-pyrrole nitrogens is 1. The molecule has 2 aromatic rings. The zero-order valence-corrected chi connectivity index (χ0v) is 18.5. The van der Waals surface area contributed by atoms with Gasteiger partial charge in [0.05, 0.1) is 10.7 Å². The molecule has 3 rings (SSSR count). The molecule has 12 heteroatoms. The highest BCUT2D eigenvalue weighted by atomic mass is 32.2. The molecular weight excluding hydrogens is 440 g/mol. The molecular formula is C19H22N6O4S2. The smallest absolute Gasteiger partial charge is 0.343 e. The van der Waals surface area contributed by atoms with E-state index in [1.807, 2.05) is 6.92 Å². The Morgan fingerprint density at radius 1 is 1.32 bits per heavy atom. The van der Waals surface area contributed by atoms with Crippen molar-refractivity contribution in [1.29, 1.82) is 0 Å². The molecule has 0 bridgehead atoms. The fourth-order valence-corrected chi connectivity index (χ4v) is 4.39. The number of nitrogens with one attached hydrogen (secondary N) is 2. The molecule has 0 unspecified atom stereocenters. The molecule has 0 radical (unpaired) electrons. The number of unbranched alkanes of at least 4 members (excludes halogenated alkanes) is 1. The van der Waals surface area contributed by atoms with Crippen LogP contribution in [0.2, 0.25) is 0 Å². The number of carbonyl (C=O) groups excluding carboxylic acids is 3. The molecule has 3 heterocycles. The van der Waals surface area contributed by atoms with Gasteiger partial charge in [-0.05, 0) is 35.9 Å². The molecule has 10 nitrogen and oxygen atoms in total. The Hall–Kier alpha value is -2.86. The number of hydrogen-bond donors (Lipinski definition) is 2. The lowest BCUT2D eigenvalue weighted by Crippen LogP contribution is -2.37. The van der Waals surface area contributed by atoms with E-state index in [2.05, 4.69) is 20.5 Å². The minimum Gasteiger partial charge on any atom is -0.354 e. The normalized spacial score (nSPS) is 15.1. The minimum absolute atomic E-state index is 0.0687. The summed E-state index contributed by atoms with van der Waals surface area (Å²) in [6, 6.07) is 3.54. The van der Waals surface area contributed by atoms with Crippen molar-refractivity contribution in [2.45, 2.75) is 31.5 Å². The predicted octanol–water partition coefficient (Wildman–Crippen LogP) is 1.71. The summed E-state index contributed by atoms with van der Waals surface area (Å²) in [5.41, 5.74) is 0.434. The zero-order chi connectivity index (χ0) is 22.2. The Morgan fingerprint density at radius 3 is 2.90 bits per heavy atom. The first-order chi connectivity index (χ1) is 15.0. The van der Waals surface area contributed by atoms with E-state index in [9.17, 15) is 19.2 Å². The maximum Gasteiger partial charge on any atom is 0.343 e. The van der Waals surface area contributed by atoms with Crippen LogP contribution in [0.25, 0.3) is 6.08 Å². The van der Waals surface area contributed by atoms with Gasteiger partial charge in [-0.1, -0.05) is 31.2 Å². The van der Waals surface area contributed by atoms with Gasteiger partial charge in [0.2, 0.25) is 5.91 Å². The van der Waals surface area contributed by atoms with Crippen LogP contribution in [0.15, 0.2) is 39.4 Å². The third-order valence-electron chi connectivity index (χ3n) is 4.30. The van der Waals surface area contributed by atoms with Gasteiger partial charge < -0.3 is 5.32 Å². The molecule has 164 valence electrons. The number of aromatic amines is 1. The topological polar surface area (TPSA) is 130 Å². The average Bonchev–Trinajstić information content (AvgIpc) is 3.24. The zero-order valence-electron chi connectivity index (χ0n) is 16.9. The SMILES string of the molecule is CCCCn1c(SCC(=O)NCCN2C(=O)S/C(=C\c3cccnc3)C2=O)n[nH]c1=O. The first-order valence-electron chi connectivity index (χ1n) is 9.69. The number of nitrogens with zero attached hydrogens (tertiary/aromatic N) is 4. The number of rotatable bonds is 10. The van der Waals surface area contributed by atoms with Gasteiger partial charge in [0, 0.05) is 32.0 Å². The van der Waals surface area contributed by atoms with E-state index in [0.717, 1.165) is 46.8 Å². The summed E-state index contributed by atoms with van der Waals surface area (Å²) in [5, 5.41) is 9.11. The predicted molar refractivity (Wildman–Crippen MR) is 118 cm³/mol. The van der Waals surface area contributed by atoms with E-state index in [-0.39, 0.29) is 41.6 Å². The lowest BCUT2D eigenvalue weighted by molar-refractivity contribution is -0.123. The Kier molecular flexibility index (Phi) is 8.06. The van der Waals surface area contributed by atoms with Crippen LogP contribution in [-0.2, 0) is 16.1 Å². The number of thioether (sulfide) groups is 2. The Morgan fingerprint density at radius 2 is 2.16 bits per heavy atom. The highest BCUT2D eigenvalue weighted by molar-refractivity contribution is 8.18. The molecule has 1 saturated heterocycles. The second-order valence-corrected chi connectivity index (χ2v) is 8.51. The maximum atomic E-state index is 12.5. The molecule has 2 N–H and O–H groups in total. The Labute approximate surface area is 186 Å². The van der Waals surface area contributed by atoms with Gasteiger partial charge >= 0.3 is 5.69 Å². The second kappa shape index (κ2) is 11.0. The van der Waals surface area contributed by atoms with Crippen molar-refractivity contribution in [3.05, 3.63) is 45.5 Å². The maximum absolute atomic E-state index is 12.5. The van der Waals surface area contributed by atoms with E-state index < -0.39 is 0 Å². The van der Waals surface area contributed by atoms with Crippen molar-refractivity contribution in [3.63, 3.8) is 0 Å². The van der Waals surface area contributed by atoms with Gasteiger partial charge in [0.25, 0.3) is 11.1 Å². The summed E-state index contributed by atoms with van der Waals surface area (Å²) in [6.07, 6.45) is 6.63. The highest BCUT2D eigenvalue weighted by Gasteiger charge is 2.34. The molecule has 1 fully saturated rings. The van der Waals surface area contributed by atoms with E-state index in [1.165, 1.54) is 4.57 Å². The first-order valence-corrected chi connectivity index (χ1v) is 11.5. The van der Waals surface area contributed by atoms with Gasteiger partial charge in [-0.15, -0.1) is 5.10 Å². The lowest BCUT2D eigenvalue weighted by atomic mass is 10.2. The molecule has 0 aromatic carbocycles. The molecule has 1 aliphatic rings. The summed E-state index contributed by atoms with van der Waals surface area (Å²) < 4.78 is 1.51. The number of pyridine rings is 1. The second-order valence-electron chi connectivity index (χ2n) is 6.57. The van der Waals surface area contributed by atoms with Crippen LogP contribution >= 0.6 is 23.5 Å². The summed E-state index contributed by atoms with van der Waals surface area (Å²) >= 11 is 2.02. The molecule has 0 aliphatic carbocycles. The lowest BCUT2D eigenvalue weighted by Gasteiger charge is -2.13. The summed E-state index contributed by atoms with van der Waals surface area (Å²) in [7, 11) is 0. The average molecular weight is 463 g/mol. The van der Waals surface area contributed by atoms with Crippen molar-refractivity contribution in [2.24, 2.45) is 0 Å². The third-order valence-corrected chi connectivity index (χ3v) is 6.19. The standard InChI is InChI=1S/C19H22N6O4S2/c1-2-3-8-25-17(28)22-23-18(25)30-12-15(26)21-7-9-24-16(27)14(31-19(24)29)10-13-5-4-6-20-11-13/h4-6,10-11H,2-3,7-9,12H2,1H3,(H,21,26)(H,22,28)/b14-10-. The summed E-state index contributed by atoms with van der Waals surface area (Å²) in [5.74, 6) is -0.599. The third kappa shape index (κ3) is 6.07. The summed E-state index contributed by atoms with van der Waals surface area (Å²) in [4.78, 5) is 53.9. The number of amides is 3. The van der Waals surface area contributed by atoms with Crippen molar-refractivity contribution < 1.29 is 14.4 Å². The fraction of sp³-hybridized carbons (Fsp3) is 0.368. The van der Waals surface area contributed by atoms with Gasteiger partial charge in [-0.3, -0.25) is 28.8 Å². The van der Waals surface area contributed by atoms with Crippen LogP contribution in [0, 0.1) is 0 Å². The van der Waals surface area contributed by atoms with Crippen molar-refractivity contribution in [2.75, 3.05) is 18.8 Å². The van der Waals surface area contributed by atoms with Crippen LogP contribution in [0.4, 0.5) is 4.79 Å². The summed E-state index contributed by atoms with van der Waals surface area (Å²) in [6.45, 7) is 2.79. The number of aromatic nitrogens is 4. The molecule has 3 amide bonds. The van der Waals surface area contributed by atoms with Crippen molar-refractivity contribution in [3.8, 4) is 0 Å². The van der Waals surface area contributed by atoms with Crippen molar-refractivity contribution in [1.82, 2.24) is 30.0 Å². The van der Waals surface area contributed by atoms with E-state index in [0.29, 0.717) is 16.6 Å². The largest absolute Gasteiger partial charge is 0.354 e. The first kappa shape index (κ1) is 22.8. The molecule has 0 spiro atoms. The molecule has 0 saturated carbocycles. The van der Waals surface area contributed by atoms with E-state index in [4.69, 9.17) is 0 Å².